The standard InChI is InChI=1S/C27H26N2O4S/c1-4-19-17(3)34-24(23(19)27(32)33-5-2)28-15-22-20-13-9-10-14-21(20)25(30)29(26(22)31)16-18-11-7-6-8-12-18/h6-15,31H,4-5,16H2,1-3H3. The van der Waals surface area contributed by atoms with E-state index in [2.05, 4.69) is 4.99 Å². The molecule has 0 aliphatic carbocycles. The van der Waals surface area contributed by atoms with E-state index in [4.69, 9.17) is 4.74 Å². The maximum absolute atomic E-state index is 13.2. The Labute approximate surface area is 201 Å². The zero-order valence-corrected chi connectivity index (χ0v) is 20.2. The molecule has 0 fully saturated rings. The molecule has 2 heterocycles. The van der Waals surface area contributed by atoms with E-state index in [1.807, 2.05) is 50.2 Å². The predicted octanol–water partition coefficient (Wildman–Crippen LogP) is 5.62. The summed E-state index contributed by atoms with van der Waals surface area (Å²) in [6, 6.07) is 16.6. The summed E-state index contributed by atoms with van der Waals surface area (Å²) in [5, 5.41) is 12.8. The van der Waals surface area contributed by atoms with Gasteiger partial charge in [0.15, 0.2) is 0 Å². The number of aromatic nitrogens is 1. The molecular weight excluding hydrogens is 448 g/mol. The molecule has 0 atom stereocenters. The average Bonchev–Trinajstić information content (AvgIpc) is 3.17. The van der Waals surface area contributed by atoms with Gasteiger partial charge in [0.25, 0.3) is 5.56 Å². The number of pyridine rings is 1. The lowest BCUT2D eigenvalue weighted by Crippen LogP contribution is -2.22. The predicted molar refractivity (Wildman–Crippen MR) is 137 cm³/mol. The number of nitrogens with zero attached hydrogens (tertiary/aromatic N) is 2. The summed E-state index contributed by atoms with van der Waals surface area (Å²) >= 11 is 1.41. The second-order valence-corrected chi connectivity index (χ2v) is 9.01. The Kier molecular flexibility index (Phi) is 6.93. The van der Waals surface area contributed by atoms with Crippen molar-refractivity contribution in [2.24, 2.45) is 4.99 Å². The van der Waals surface area contributed by atoms with Gasteiger partial charge in [-0.15, -0.1) is 11.3 Å². The van der Waals surface area contributed by atoms with Gasteiger partial charge < -0.3 is 9.84 Å². The Morgan fingerprint density at radius 1 is 1.09 bits per heavy atom. The summed E-state index contributed by atoms with van der Waals surface area (Å²) in [5.74, 6) is -0.572. The zero-order valence-electron chi connectivity index (χ0n) is 19.4. The molecule has 174 valence electrons. The van der Waals surface area contributed by atoms with E-state index in [1.54, 1.807) is 25.1 Å². The number of carbonyl (C=O) groups excluding carboxylic acids is 1. The Balaban J connectivity index is 1.88. The summed E-state index contributed by atoms with van der Waals surface area (Å²) in [6.07, 6.45) is 2.22. The number of hydrogen-bond donors (Lipinski definition) is 1. The van der Waals surface area contributed by atoms with Crippen LogP contribution in [0.15, 0.2) is 64.4 Å². The van der Waals surface area contributed by atoms with Crippen LogP contribution >= 0.6 is 11.3 Å². The van der Waals surface area contributed by atoms with E-state index in [9.17, 15) is 14.7 Å². The van der Waals surface area contributed by atoms with Crippen molar-refractivity contribution < 1.29 is 14.6 Å². The average molecular weight is 475 g/mol. The van der Waals surface area contributed by atoms with Crippen molar-refractivity contribution in [3.05, 3.63) is 92.1 Å². The molecule has 4 aromatic rings. The normalized spacial score (nSPS) is 11.4. The maximum Gasteiger partial charge on any atom is 0.341 e. The largest absolute Gasteiger partial charge is 0.494 e. The first-order valence-corrected chi connectivity index (χ1v) is 12.0. The lowest BCUT2D eigenvalue weighted by atomic mass is 10.1. The highest BCUT2D eigenvalue weighted by Gasteiger charge is 2.22. The van der Waals surface area contributed by atoms with Gasteiger partial charge in [-0.05, 0) is 37.5 Å². The molecule has 2 aromatic carbocycles. The smallest absolute Gasteiger partial charge is 0.341 e. The van der Waals surface area contributed by atoms with Crippen LogP contribution in [0.4, 0.5) is 5.00 Å². The van der Waals surface area contributed by atoms with Crippen molar-refractivity contribution >= 4 is 39.3 Å². The van der Waals surface area contributed by atoms with Gasteiger partial charge >= 0.3 is 5.97 Å². The van der Waals surface area contributed by atoms with E-state index in [0.717, 1.165) is 16.0 Å². The Morgan fingerprint density at radius 3 is 2.44 bits per heavy atom. The van der Waals surface area contributed by atoms with Crippen LogP contribution < -0.4 is 5.56 Å². The third-order valence-corrected chi connectivity index (χ3v) is 6.76. The Morgan fingerprint density at radius 2 is 1.76 bits per heavy atom. The molecular formula is C27H26N2O4S. The molecule has 0 aliphatic heterocycles. The third-order valence-electron chi connectivity index (χ3n) is 5.71. The molecule has 1 N–H and O–H groups in total. The molecule has 0 spiro atoms. The van der Waals surface area contributed by atoms with E-state index in [0.29, 0.717) is 33.3 Å². The van der Waals surface area contributed by atoms with Crippen molar-refractivity contribution in [1.29, 1.82) is 0 Å². The fourth-order valence-corrected chi connectivity index (χ4v) is 5.14. The number of fused-ring (bicyclic) bond motifs is 1. The number of benzene rings is 2. The fourth-order valence-electron chi connectivity index (χ4n) is 4.07. The van der Waals surface area contributed by atoms with Crippen molar-refractivity contribution in [2.75, 3.05) is 6.61 Å². The van der Waals surface area contributed by atoms with Gasteiger partial charge in [0.05, 0.1) is 24.3 Å². The number of thiophene rings is 1. The van der Waals surface area contributed by atoms with E-state index in [-0.39, 0.29) is 24.6 Å². The van der Waals surface area contributed by atoms with Gasteiger partial charge in [0, 0.05) is 21.9 Å². The molecule has 6 nitrogen and oxygen atoms in total. The summed E-state index contributed by atoms with van der Waals surface area (Å²) in [5.41, 5.74) is 2.42. The lowest BCUT2D eigenvalue weighted by molar-refractivity contribution is 0.0526. The SMILES string of the molecule is CCOC(=O)c1c(N=Cc2c(O)n(Cc3ccccc3)c(=O)c3ccccc23)sc(C)c1CC. The number of esters is 1. The number of aliphatic imine (C=N–C) groups is 1. The minimum Gasteiger partial charge on any atom is -0.494 e. The Hall–Kier alpha value is -3.71. The number of aromatic hydroxyl groups is 1. The fraction of sp³-hybridized carbons (Fsp3) is 0.222. The highest BCUT2D eigenvalue weighted by Crippen LogP contribution is 2.36. The number of carbonyl (C=O) groups is 1. The molecule has 2 aromatic heterocycles. The van der Waals surface area contributed by atoms with Crippen LogP contribution in [0.3, 0.4) is 0 Å². The van der Waals surface area contributed by atoms with Crippen molar-refractivity contribution in [3.8, 4) is 5.88 Å². The van der Waals surface area contributed by atoms with Crippen LogP contribution in [-0.4, -0.2) is 28.5 Å². The quantitative estimate of drug-likeness (QED) is 0.279. The van der Waals surface area contributed by atoms with Crippen molar-refractivity contribution in [3.63, 3.8) is 0 Å². The van der Waals surface area contributed by atoms with Crippen LogP contribution in [0.2, 0.25) is 0 Å². The lowest BCUT2D eigenvalue weighted by Gasteiger charge is -2.13. The summed E-state index contributed by atoms with van der Waals surface area (Å²) in [4.78, 5) is 31.5. The minimum atomic E-state index is -0.404. The van der Waals surface area contributed by atoms with Gasteiger partial charge in [0.1, 0.15) is 5.00 Å². The van der Waals surface area contributed by atoms with Gasteiger partial charge in [-0.1, -0.05) is 55.5 Å². The van der Waals surface area contributed by atoms with Crippen LogP contribution in [-0.2, 0) is 17.7 Å². The third kappa shape index (κ3) is 4.39. The summed E-state index contributed by atoms with van der Waals surface area (Å²) < 4.78 is 6.62. The van der Waals surface area contributed by atoms with Gasteiger partial charge in [-0.2, -0.15) is 0 Å². The number of aryl methyl sites for hydroxylation is 1. The molecule has 0 radical (unpaired) electrons. The first-order chi connectivity index (χ1) is 16.5. The topological polar surface area (TPSA) is 80.9 Å². The molecule has 0 bridgehead atoms. The summed E-state index contributed by atoms with van der Waals surface area (Å²) in [7, 11) is 0. The molecule has 0 saturated carbocycles. The van der Waals surface area contributed by atoms with Crippen LogP contribution in [0.25, 0.3) is 10.8 Å². The first kappa shape index (κ1) is 23.4. The highest BCUT2D eigenvalue weighted by atomic mass is 32.1. The molecule has 0 aliphatic rings. The molecule has 34 heavy (non-hydrogen) atoms. The van der Waals surface area contributed by atoms with E-state index in [1.165, 1.54) is 22.1 Å². The number of ether oxygens (including phenoxy) is 1. The molecule has 0 saturated heterocycles. The van der Waals surface area contributed by atoms with E-state index < -0.39 is 5.97 Å². The van der Waals surface area contributed by atoms with Gasteiger partial charge in [-0.3, -0.25) is 9.36 Å². The van der Waals surface area contributed by atoms with Gasteiger partial charge in [-0.25, -0.2) is 9.79 Å². The van der Waals surface area contributed by atoms with Crippen LogP contribution in [0.5, 0.6) is 5.88 Å². The minimum absolute atomic E-state index is 0.169. The molecule has 0 amide bonds. The van der Waals surface area contributed by atoms with Crippen LogP contribution in [0, 0.1) is 6.92 Å². The first-order valence-electron chi connectivity index (χ1n) is 11.2. The van der Waals surface area contributed by atoms with Gasteiger partial charge in [0.2, 0.25) is 5.88 Å². The molecule has 4 rings (SSSR count). The van der Waals surface area contributed by atoms with Crippen molar-refractivity contribution in [1.82, 2.24) is 4.57 Å². The zero-order chi connectivity index (χ0) is 24.2. The summed E-state index contributed by atoms with van der Waals surface area (Å²) in [6.45, 7) is 6.22. The van der Waals surface area contributed by atoms with Crippen LogP contribution in [0.1, 0.15) is 45.8 Å². The number of hydrogen-bond acceptors (Lipinski definition) is 6. The monoisotopic (exact) mass is 474 g/mol. The second kappa shape index (κ2) is 10.1. The van der Waals surface area contributed by atoms with Crippen molar-refractivity contribution in [2.45, 2.75) is 33.7 Å². The maximum atomic E-state index is 13.2. The highest BCUT2D eigenvalue weighted by molar-refractivity contribution is 7.16. The molecule has 7 heteroatoms. The van der Waals surface area contributed by atoms with E-state index >= 15 is 0 Å². The second-order valence-electron chi connectivity index (χ2n) is 7.81. The Bertz CT molecular complexity index is 1430. The number of rotatable bonds is 7. The molecule has 0 unspecified atom stereocenters.